The Morgan fingerprint density at radius 2 is 1.42 bits per heavy atom. The van der Waals surface area contributed by atoms with Crippen molar-refractivity contribution in [2.24, 2.45) is 17.3 Å². The SMILES string of the molecule is CC(=O)O[C@@H]1[C@@H]2[C@@]3(CC[C@@H](OC(C)=O)[C@]2(C)[C@H](OC(C)=O)CC[C@](C)(O)[C@@H](O)[C@H]2OC(=O)[C@H](C)[C@@]12O)CO3. The maximum absolute atomic E-state index is 12.9. The maximum Gasteiger partial charge on any atom is 0.312 e. The van der Waals surface area contributed by atoms with Crippen LogP contribution < -0.4 is 0 Å². The fourth-order valence-electron chi connectivity index (χ4n) is 7.11. The van der Waals surface area contributed by atoms with Crippen molar-refractivity contribution < 1.29 is 58.2 Å². The minimum absolute atomic E-state index is 0.00588. The molecule has 0 amide bonds. The van der Waals surface area contributed by atoms with Gasteiger partial charge in [0.05, 0.1) is 29.1 Å². The van der Waals surface area contributed by atoms with Crippen molar-refractivity contribution in [3.8, 4) is 0 Å². The van der Waals surface area contributed by atoms with E-state index in [9.17, 15) is 34.5 Å². The molecule has 0 radical (unpaired) electrons. The third kappa shape index (κ3) is 4.39. The van der Waals surface area contributed by atoms with Crippen LogP contribution in [0.2, 0.25) is 0 Å². The zero-order chi connectivity index (χ0) is 28.4. The van der Waals surface area contributed by atoms with Gasteiger partial charge in [0.15, 0.2) is 11.7 Å². The van der Waals surface area contributed by atoms with E-state index in [-0.39, 0.29) is 19.4 Å². The molecule has 3 N–H and O–H groups in total. The van der Waals surface area contributed by atoms with Crippen LogP contribution in [0.3, 0.4) is 0 Å². The van der Waals surface area contributed by atoms with E-state index in [1.807, 2.05) is 0 Å². The summed E-state index contributed by atoms with van der Waals surface area (Å²) in [4.78, 5) is 50.0. The van der Waals surface area contributed by atoms with Crippen LogP contribution in [0.5, 0.6) is 0 Å². The van der Waals surface area contributed by atoms with Gasteiger partial charge in [-0.1, -0.05) is 6.92 Å². The van der Waals surface area contributed by atoms with E-state index in [0.29, 0.717) is 12.8 Å². The van der Waals surface area contributed by atoms with E-state index in [1.54, 1.807) is 6.92 Å². The molecule has 1 spiro atoms. The normalized spacial score (nSPS) is 48.2. The molecule has 0 aromatic rings. The van der Waals surface area contributed by atoms with Crippen LogP contribution in [0.1, 0.15) is 67.2 Å². The molecule has 12 nitrogen and oxygen atoms in total. The molecule has 0 unspecified atom stereocenters. The second kappa shape index (κ2) is 9.42. The molecule has 2 saturated heterocycles. The number of esters is 4. The molecule has 11 atom stereocenters. The van der Waals surface area contributed by atoms with Gasteiger partial charge in [-0.15, -0.1) is 0 Å². The first-order chi connectivity index (χ1) is 17.5. The van der Waals surface area contributed by atoms with Crippen molar-refractivity contribution in [2.45, 2.75) is 115 Å². The van der Waals surface area contributed by atoms with Crippen LogP contribution in [0.25, 0.3) is 0 Å². The summed E-state index contributed by atoms with van der Waals surface area (Å²) in [6.07, 6.45) is -6.33. The molecule has 2 aliphatic carbocycles. The lowest BCUT2D eigenvalue weighted by molar-refractivity contribution is -0.263. The van der Waals surface area contributed by atoms with Gasteiger partial charge in [0.25, 0.3) is 0 Å². The van der Waals surface area contributed by atoms with Gasteiger partial charge in [-0.05, 0) is 39.5 Å². The summed E-state index contributed by atoms with van der Waals surface area (Å²) in [5.74, 6) is -5.12. The van der Waals surface area contributed by atoms with Gasteiger partial charge in [-0.3, -0.25) is 19.2 Å². The van der Waals surface area contributed by atoms with Gasteiger partial charge in [-0.25, -0.2) is 0 Å². The van der Waals surface area contributed by atoms with Crippen LogP contribution in [0, 0.1) is 17.3 Å². The fraction of sp³-hybridized carbons (Fsp3) is 0.846. The average molecular weight is 543 g/mol. The first-order valence-electron chi connectivity index (χ1n) is 13.0. The standard InChI is InChI=1S/C26H38O12/c1-12-22(31)38-21-19(30)23(5,32)9-7-16(35-13(2)27)24(6)17(36-14(3)28)8-10-25(11-34-25)18(24)20(26(12,21)33)37-15(4)29/h12,16-21,30,32-33H,7-11H2,1-6H3/t12-,16+,17+,18-,19-,20+,21+,23-,24-,25+,26+/m0/s1. The summed E-state index contributed by atoms with van der Waals surface area (Å²) in [5, 5.41) is 35.0. The third-order valence-corrected chi connectivity index (χ3v) is 9.22. The van der Waals surface area contributed by atoms with Crippen molar-refractivity contribution in [3.05, 3.63) is 0 Å². The first kappa shape index (κ1) is 28.7. The first-order valence-corrected chi connectivity index (χ1v) is 13.0. The Hall–Kier alpha value is -2.28. The van der Waals surface area contributed by atoms with E-state index < -0.39 is 88.5 Å². The Kier molecular flexibility index (Phi) is 7.12. The molecule has 4 rings (SSSR count). The molecule has 0 aromatic carbocycles. The number of aliphatic hydroxyl groups excluding tert-OH is 1. The molecule has 38 heavy (non-hydrogen) atoms. The predicted octanol–water partition coefficient (Wildman–Crippen LogP) is 0.165. The highest BCUT2D eigenvalue weighted by Gasteiger charge is 2.76. The number of aliphatic hydroxyl groups is 3. The average Bonchev–Trinajstić information content (AvgIpc) is 3.53. The third-order valence-electron chi connectivity index (χ3n) is 9.22. The van der Waals surface area contributed by atoms with E-state index in [0.717, 1.165) is 6.92 Å². The van der Waals surface area contributed by atoms with Crippen LogP contribution in [0.4, 0.5) is 0 Å². The number of hydrogen-bond acceptors (Lipinski definition) is 12. The predicted molar refractivity (Wildman–Crippen MR) is 126 cm³/mol. The highest BCUT2D eigenvalue weighted by Crippen LogP contribution is 2.62. The van der Waals surface area contributed by atoms with Gasteiger partial charge in [0, 0.05) is 26.7 Å². The van der Waals surface area contributed by atoms with Crippen LogP contribution >= 0.6 is 0 Å². The number of hydrogen-bond donors (Lipinski definition) is 3. The molecule has 0 aromatic heterocycles. The van der Waals surface area contributed by atoms with E-state index >= 15 is 0 Å². The molecule has 2 heterocycles. The second-order valence-corrected chi connectivity index (χ2v) is 11.8. The molecular formula is C26H38O12. The Morgan fingerprint density at radius 1 is 0.921 bits per heavy atom. The number of epoxide rings is 1. The van der Waals surface area contributed by atoms with Crippen molar-refractivity contribution in [3.63, 3.8) is 0 Å². The molecule has 214 valence electrons. The Balaban J connectivity index is 2.02. The molecule has 4 aliphatic rings. The van der Waals surface area contributed by atoms with E-state index in [1.165, 1.54) is 27.7 Å². The second-order valence-electron chi connectivity index (χ2n) is 11.8. The zero-order valence-electron chi connectivity index (χ0n) is 22.6. The summed E-state index contributed by atoms with van der Waals surface area (Å²) in [6, 6.07) is 0. The molecule has 0 bridgehead atoms. The van der Waals surface area contributed by atoms with Gasteiger partial charge >= 0.3 is 23.9 Å². The number of rotatable bonds is 3. The summed E-state index contributed by atoms with van der Waals surface area (Å²) in [6.45, 7) is 8.24. The van der Waals surface area contributed by atoms with Crippen molar-refractivity contribution in [1.29, 1.82) is 0 Å². The monoisotopic (exact) mass is 542 g/mol. The maximum atomic E-state index is 12.9. The topological polar surface area (TPSA) is 178 Å². The molecule has 4 fully saturated rings. The zero-order valence-corrected chi connectivity index (χ0v) is 22.6. The molecular weight excluding hydrogens is 504 g/mol. The van der Waals surface area contributed by atoms with Gasteiger partial charge in [0.2, 0.25) is 0 Å². The number of carbonyl (C=O) groups is 4. The highest BCUT2D eigenvalue weighted by atomic mass is 16.6. The Labute approximate surface area is 220 Å². The van der Waals surface area contributed by atoms with Gasteiger partial charge < -0.3 is 39.0 Å². The molecule has 12 heteroatoms. The fourth-order valence-corrected chi connectivity index (χ4v) is 7.11. The quantitative estimate of drug-likeness (QED) is 0.250. The highest BCUT2D eigenvalue weighted by molar-refractivity contribution is 5.77. The lowest BCUT2D eigenvalue weighted by atomic mass is 9.52. The number of ether oxygens (including phenoxy) is 5. The van der Waals surface area contributed by atoms with Crippen LogP contribution in [0.15, 0.2) is 0 Å². The van der Waals surface area contributed by atoms with E-state index in [2.05, 4.69) is 0 Å². The van der Waals surface area contributed by atoms with Crippen molar-refractivity contribution in [1.82, 2.24) is 0 Å². The largest absolute Gasteiger partial charge is 0.462 e. The summed E-state index contributed by atoms with van der Waals surface area (Å²) < 4.78 is 28.8. The van der Waals surface area contributed by atoms with Gasteiger partial charge in [0.1, 0.15) is 24.4 Å². The number of carbonyl (C=O) groups excluding carboxylic acids is 4. The molecule has 2 saturated carbocycles. The summed E-state index contributed by atoms with van der Waals surface area (Å²) in [7, 11) is 0. The number of fused-ring (bicyclic) bond motifs is 3. The summed E-state index contributed by atoms with van der Waals surface area (Å²) >= 11 is 0. The minimum atomic E-state index is -2.33. The smallest absolute Gasteiger partial charge is 0.312 e. The Morgan fingerprint density at radius 3 is 1.89 bits per heavy atom. The van der Waals surface area contributed by atoms with Crippen LogP contribution in [-0.2, 0) is 42.9 Å². The van der Waals surface area contributed by atoms with Gasteiger partial charge in [-0.2, -0.15) is 0 Å². The summed E-state index contributed by atoms with van der Waals surface area (Å²) in [5.41, 5.74) is -6.55. The molecule has 2 aliphatic heterocycles. The van der Waals surface area contributed by atoms with Crippen LogP contribution in [-0.4, -0.2) is 93.1 Å². The Bertz CT molecular complexity index is 1000. The van der Waals surface area contributed by atoms with Crippen molar-refractivity contribution >= 4 is 23.9 Å². The lowest BCUT2D eigenvalue weighted by Gasteiger charge is -2.57. The van der Waals surface area contributed by atoms with E-state index in [4.69, 9.17) is 23.7 Å². The van der Waals surface area contributed by atoms with Crippen molar-refractivity contribution in [2.75, 3.05) is 6.61 Å². The minimum Gasteiger partial charge on any atom is -0.462 e. The lowest BCUT2D eigenvalue weighted by Crippen LogP contribution is -2.72.